The molecule has 3 heteroatoms. The van der Waals surface area contributed by atoms with Crippen LogP contribution in [0.25, 0.3) is 11.1 Å². The Hall–Kier alpha value is -3.33. The maximum atomic E-state index is 13.4. The van der Waals surface area contributed by atoms with Gasteiger partial charge in [0.25, 0.3) is 0 Å². The Bertz CT molecular complexity index is 1030. The molecule has 1 aliphatic carbocycles. The molecule has 4 rings (SSSR count). The zero-order chi connectivity index (χ0) is 19.5. The summed E-state index contributed by atoms with van der Waals surface area (Å²) in [4.78, 5) is 12.5. The largest absolute Gasteiger partial charge is 0.294 e. The standard InChI is InChI=1S/C25H18F2O/c26-20-10-5-18(6-11-20)22(19-7-12-21(27)13-8-19)14-15-24-23-4-2-1-3-17(23)9-16-25(24)28/h1-8,10-15H,9,16H2/b24-15-. The van der Waals surface area contributed by atoms with E-state index < -0.39 is 0 Å². The second-order valence-corrected chi connectivity index (χ2v) is 6.75. The summed E-state index contributed by atoms with van der Waals surface area (Å²) in [7, 11) is 0. The summed E-state index contributed by atoms with van der Waals surface area (Å²) in [5.41, 5.74) is 5.16. The third kappa shape index (κ3) is 3.70. The van der Waals surface area contributed by atoms with Gasteiger partial charge in [-0.05, 0) is 58.5 Å². The number of aryl methyl sites for hydroxylation is 1. The molecule has 0 aromatic heterocycles. The van der Waals surface area contributed by atoms with Crippen molar-refractivity contribution in [3.05, 3.63) is 119 Å². The van der Waals surface area contributed by atoms with Crippen molar-refractivity contribution >= 4 is 16.9 Å². The lowest BCUT2D eigenvalue weighted by molar-refractivity contribution is -0.113. The number of hydrogen-bond acceptors (Lipinski definition) is 1. The van der Waals surface area contributed by atoms with Gasteiger partial charge in [0.1, 0.15) is 11.6 Å². The minimum absolute atomic E-state index is 0.104. The van der Waals surface area contributed by atoms with Gasteiger partial charge in [-0.2, -0.15) is 0 Å². The van der Waals surface area contributed by atoms with E-state index in [0.29, 0.717) is 12.0 Å². The number of benzene rings is 3. The molecule has 0 heterocycles. The van der Waals surface area contributed by atoms with Crippen LogP contribution in [-0.2, 0) is 11.2 Å². The highest BCUT2D eigenvalue weighted by atomic mass is 19.1. The maximum absolute atomic E-state index is 13.4. The maximum Gasteiger partial charge on any atom is 0.163 e. The van der Waals surface area contributed by atoms with Gasteiger partial charge in [-0.25, -0.2) is 8.78 Å². The fourth-order valence-electron chi connectivity index (χ4n) is 3.50. The smallest absolute Gasteiger partial charge is 0.163 e. The first-order valence-electron chi connectivity index (χ1n) is 9.17. The molecule has 0 saturated carbocycles. The molecule has 3 aromatic carbocycles. The average Bonchev–Trinajstić information content (AvgIpc) is 2.72. The average molecular weight is 372 g/mol. The van der Waals surface area contributed by atoms with Crippen molar-refractivity contribution in [2.24, 2.45) is 0 Å². The minimum Gasteiger partial charge on any atom is -0.294 e. The predicted octanol–water partition coefficient (Wildman–Crippen LogP) is 6.00. The number of carbonyl (C=O) groups excluding carboxylic acids is 1. The molecular formula is C25H18F2O. The molecule has 0 N–H and O–H groups in total. The normalized spacial score (nSPS) is 14.6. The van der Waals surface area contributed by atoms with Crippen LogP contribution >= 0.6 is 0 Å². The van der Waals surface area contributed by atoms with Crippen molar-refractivity contribution < 1.29 is 13.6 Å². The van der Waals surface area contributed by atoms with Gasteiger partial charge in [0.2, 0.25) is 0 Å². The number of allylic oxidation sites excluding steroid dienone is 3. The van der Waals surface area contributed by atoms with Crippen molar-refractivity contribution in [2.75, 3.05) is 0 Å². The van der Waals surface area contributed by atoms with Gasteiger partial charge < -0.3 is 0 Å². The fourth-order valence-corrected chi connectivity index (χ4v) is 3.50. The topological polar surface area (TPSA) is 17.1 Å². The number of rotatable bonds is 3. The minimum atomic E-state index is -0.322. The van der Waals surface area contributed by atoms with Crippen molar-refractivity contribution in [2.45, 2.75) is 12.8 Å². The number of hydrogen-bond donors (Lipinski definition) is 0. The summed E-state index contributed by atoms with van der Waals surface area (Å²) in [5, 5.41) is 0. The van der Waals surface area contributed by atoms with Crippen molar-refractivity contribution in [3.63, 3.8) is 0 Å². The highest BCUT2D eigenvalue weighted by Gasteiger charge is 2.20. The monoisotopic (exact) mass is 372 g/mol. The van der Waals surface area contributed by atoms with Gasteiger partial charge in [-0.3, -0.25) is 4.79 Å². The Kier molecular flexibility index (Phi) is 4.98. The Morgan fingerprint density at radius 2 is 1.32 bits per heavy atom. The van der Waals surface area contributed by atoms with Crippen molar-refractivity contribution in [1.82, 2.24) is 0 Å². The molecule has 0 fully saturated rings. The Balaban J connectivity index is 1.84. The molecule has 138 valence electrons. The SMILES string of the molecule is O=C1CCc2ccccc2/C1=C/C=C(c1ccc(F)cc1)c1ccc(F)cc1. The van der Waals surface area contributed by atoms with E-state index >= 15 is 0 Å². The van der Waals surface area contributed by atoms with Crippen LogP contribution < -0.4 is 0 Å². The van der Waals surface area contributed by atoms with E-state index in [1.807, 2.05) is 36.4 Å². The first-order valence-corrected chi connectivity index (χ1v) is 9.17. The molecule has 0 spiro atoms. The van der Waals surface area contributed by atoms with Crippen LogP contribution in [0.4, 0.5) is 8.78 Å². The Morgan fingerprint density at radius 3 is 1.93 bits per heavy atom. The Labute approximate surface area is 162 Å². The zero-order valence-electron chi connectivity index (χ0n) is 15.2. The number of halogens is 2. The van der Waals surface area contributed by atoms with Crippen LogP contribution in [0.15, 0.2) is 84.9 Å². The third-order valence-corrected chi connectivity index (χ3v) is 4.96. The van der Waals surface area contributed by atoms with E-state index in [-0.39, 0.29) is 17.4 Å². The number of carbonyl (C=O) groups is 1. The molecule has 0 saturated heterocycles. The second-order valence-electron chi connectivity index (χ2n) is 6.75. The van der Waals surface area contributed by atoms with Crippen LogP contribution in [-0.4, -0.2) is 5.78 Å². The lowest BCUT2D eigenvalue weighted by Crippen LogP contribution is -2.12. The van der Waals surface area contributed by atoms with Crippen LogP contribution in [0.3, 0.4) is 0 Å². The molecule has 28 heavy (non-hydrogen) atoms. The molecule has 0 atom stereocenters. The highest BCUT2D eigenvalue weighted by molar-refractivity contribution is 6.22. The summed E-state index contributed by atoms with van der Waals surface area (Å²) in [6.45, 7) is 0. The van der Waals surface area contributed by atoms with Crippen LogP contribution in [0.5, 0.6) is 0 Å². The number of fused-ring (bicyclic) bond motifs is 1. The van der Waals surface area contributed by atoms with Crippen LogP contribution in [0.2, 0.25) is 0 Å². The molecule has 0 aliphatic heterocycles. The molecule has 0 radical (unpaired) electrons. The summed E-state index contributed by atoms with van der Waals surface area (Å²) >= 11 is 0. The number of ketones is 1. The van der Waals surface area contributed by atoms with E-state index in [9.17, 15) is 13.6 Å². The second kappa shape index (κ2) is 7.73. The quantitative estimate of drug-likeness (QED) is 0.516. The molecule has 0 bridgehead atoms. The van der Waals surface area contributed by atoms with Gasteiger partial charge in [0.15, 0.2) is 5.78 Å². The van der Waals surface area contributed by atoms with E-state index in [4.69, 9.17) is 0 Å². The Morgan fingerprint density at radius 1 is 0.750 bits per heavy atom. The number of Topliss-reactive ketones (excluding diaryl/α,β-unsaturated/α-hetero) is 1. The highest BCUT2D eigenvalue weighted by Crippen LogP contribution is 2.30. The molecule has 0 amide bonds. The van der Waals surface area contributed by atoms with Gasteiger partial charge in [0.05, 0.1) is 0 Å². The summed E-state index contributed by atoms with van der Waals surface area (Å²) < 4.78 is 26.7. The first-order chi connectivity index (χ1) is 13.6. The van der Waals surface area contributed by atoms with Crippen molar-refractivity contribution in [3.8, 4) is 0 Å². The fraction of sp³-hybridized carbons (Fsp3) is 0.0800. The van der Waals surface area contributed by atoms with Gasteiger partial charge >= 0.3 is 0 Å². The molecule has 1 aliphatic rings. The summed E-state index contributed by atoms with van der Waals surface area (Å²) in [6.07, 6.45) is 4.91. The molecule has 0 unspecified atom stereocenters. The van der Waals surface area contributed by atoms with Crippen LogP contribution in [0, 0.1) is 11.6 Å². The van der Waals surface area contributed by atoms with Crippen molar-refractivity contribution in [1.29, 1.82) is 0 Å². The molecule has 1 nitrogen and oxygen atoms in total. The zero-order valence-corrected chi connectivity index (χ0v) is 15.2. The summed E-state index contributed by atoms with van der Waals surface area (Å²) in [6, 6.07) is 20.2. The van der Waals surface area contributed by atoms with Crippen LogP contribution in [0.1, 0.15) is 28.7 Å². The van der Waals surface area contributed by atoms with Gasteiger partial charge in [0, 0.05) is 12.0 Å². The van der Waals surface area contributed by atoms with E-state index in [1.54, 1.807) is 24.3 Å². The van der Waals surface area contributed by atoms with Gasteiger partial charge in [-0.1, -0.05) is 60.7 Å². The lowest BCUT2D eigenvalue weighted by atomic mass is 9.86. The molecular weight excluding hydrogens is 354 g/mol. The van der Waals surface area contributed by atoms with E-state index in [1.165, 1.54) is 24.3 Å². The van der Waals surface area contributed by atoms with Gasteiger partial charge in [-0.15, -0.1) is 0 Å². The summed E-state index contributed by atoms with van der Waals surface area (Å²) in [5.74, 6) is -0.540. The first kappa shape index (κ1) is 18.1. The third-order valence-electron chi connectivity index (χ3n) is 4.96. The van der Waals surface area contributed by atoms with E-state index in [2.05, 4.69) is 0 Å². The lowest BCUT2D eigenvalue weighted by Gasteiger charge is -2.17. The predicted molar refractivity (Wildman–Crippen MR) is 108 cm³/mol. The van der Waals surface area contributed by atoms with E-state index in [0.717, 1.165) is 34.2 Å². The molecule has 3 aromatic rings.